The van der Waals surface area contributed by atoms with Crippen molar-refractivity contribution in [1.82, 2.24) is 14.3 Å². The molecule has 33 heavy (non-hydrogen) atoms. The van der Waals surface area contributed by atoms with E-state index in [4.69, 9.17) is 0 Å². The number of nitrogens with zero attached hydrogens (tertiary/aromatic N) is 3. The zero-order valence-electron chi connectivity index (χ0n) is 18.1. The number of aryl methyl sites for hydroxylation is 2. The van der Waals surface area contributed by atoms with Gasteiger partial charge in [0.2, 0.25) is 0 Å². The van der Waals surface area contributed by atoms with Gasteiger partial charge >= 0.3 is 15.5 Å². The number of nitrogens with one attached hydrogen (secondary N) is 1. The molecule has 1 unspecified atom stereocenters. The molecule has 6 nitrogen and oxygen atoms in total. The minimum Gasteiger partial charge on any atom is -0.361 e. The normalized spacial score (nSPS) is 17.6. The third-order valence-electron chi connectivity index (χ3n) is 6.00. The summed E-state index contributed by atoms with van der Waals surface area (Å²) < 4.78 is 65.9. The fourth-order valence-electron chi connectivity index (χ4n) is 4.19. The van der Waals surface area contributed by atoms with E-state index in [1.165, 1.54) is 0 Å². The Morgan fingerprint density at radius 1 is 1.09 bits per heavy atom. The number of para-hydroxylation sites is 1. The number of benzene rings is 2. The maximum atomic E-state index is 13.5. The van der Waals surface area contributed by atoms with E-state index in [-0.39, 0.29) is 13.1 Å². The molecule has 10 heteroatoms. The van der Waals surface area contributed by atoms with E-state index in [0.29, 0.717) is 29.3 Å². The van der Waals surface area contributed by atoms with Crippen LogP contribution < -0.4 is 4.90 Å². The highest BCUT2D eigenvalue weighted by Gasteiger charge is 2.51. The Hall–Kier alpha value is -2.85. The Balaban J connectivity index is 1.75. The molecule has 3 aromatic rings. The first kappa shape index (κ1) is 23.3. The van der Waals surface area contributed by atoms with Gasteiger partial charge in [-0.05, 0) is 37.0 Å². The Labute approximate surface area is 191 Å². The van der Waals surface area contributed by atoms with Crippen molar-refractivity contribution in [2.45, 2.75) is 44.4 Å². The molecule has 1 aliphatic heterocycles. The van der Waals surface area contributed by atoms with Gasteiger partial charge in [0.15, 0.2) is 0 Å². The molecule has 1 atom stereocenters. The number of hydrogen-bond acceptors (Lipinski definition) is 4. The van der Waals surface area contributed by atoms with E-state index >= 15 is 0 Å². The SMILES string of the molecule is Cc1[nH]cnc1CN1c2ccccc2CN(S(=O)(=O)C(F)(F)F)CC1CCc1ccccc1. The summed E-state index contributed by atoms with van der Waals surface area (Å²) >= 11 is 0. The Morgan fingerprint density at radius 3 is 2.45 bits per heavy atom. The van der Waals surface area contributed by atoms with Crippen LogP contribution in [0.4, 0.5) is 18.9 Å². The molecule has 0 amide bonds. The average molecular weight is 479 g/mol. The number of rotatable bonds is 6. The summed E-state index contributed by atoms with van der Waals surface area (Å²) in [5.74, 6) is 0. The number of hydrogen-bond donors (Lipinski definition) is 1. The van der Waals surface area contributed by atoms with Crippen LogP contribution in [0.5, 0.6) is 0 Å². The van der Waals surface area contributed by atoms with Gasteiger partial charge in [-0.2, -0.15) is 17.5 Å². The molecule has 2 heterocycles. The molecule has 0 spiro atoms. The lowest BCUT2D eigenvalue weighted by molar-refractivity contribution is -0.0492. The fraction of sp³-hybridized carbons (Fsp3) is 0.348. The molecule has 0 saturated heterocycles. The van der Waals surface area contributed by atoms with Crippen molar-refractivity contribution >= 4 is 15.7 Å². The molecule has 0 aliphatic carbocycles. The van der Waals surface area contributed by atoms with Crippen LogP contribution in [0.2, 0.25) is 0 Å². The predicted molar refractivity (Wildman–Crippen MR) is 120 cm³/mol. The maximum absolute atomic E-state index is 13.5. The van der Waals surface area contributed by atoms with Gasteiger partial charge in [0.1, 0.15) is 0 Å². The third-order valence-corrected chi connectivity index (χ3v) is 7.54. The second-order valence-corrected chi connectivity index (χ2v) is 10.1. The van der Waals surface area contributed by atoms with Crippen molar-refractivity contribution in [3.05, 3.63) is 83.4 Å². The summed E-state index contributed by atoms with van der Waals surface area (Å²) in [6.45, 7) is 1.62. The Kier molecular flexibility index (Phi) is 6.49. The summed E-state index contributed by atoms with van der Waals surface area (Å²) in [6.07, 6.45) is 2.66. The summed E-state index contributed by atoms with van der Waals surface area (Å²) in [4.78, 5) is 9.39. The molecule has 176 valence electrons. The lowest BCUT2D eigenvalue weighted by atomic mass is 10.0. The van der Waals surface area contributed by atoms with Crippen molar-refractivity contribution in [2.75, 3.05) is 11.4 Å². The molecule has 4 rings (SSSR count). The van der Waals surface area contributed by atoms with Crippen LogP contribution in [0.1, 0.15) is 28.9 Å². The summed E-state index contributed by atoms with van der Waals surface area (Å²) in [7, 11) is -5.49. The number of halogens is 3. The number of anilines is 1. The fourth-order valence-corrected chi connectivity index (χ4v) is 5.16. The van der Waals surface area contributed by atoms with Gasteiger partial charge in [0, 0.05) is 30.5 Å². The topological polar surface area (TPSA) is 69.3 Å². The number of aromatic amines is 1. The average Bonchev–Trinajstić information content (AvgIpc) is 3.11. The lowest BCUT2D eigenvalue weighted by Gasteiger charge is -2.34. The Bertz CT molecular complexity index is 1200. The third kappa shape index (κ3) is 4.91. The van der Waals surface area contributed by atoms with Gasteiger partial charge in [-0.15, -0.1) is 0 Å². The van der Waals surface area contributed by atoms with Crippen molar-refractivity contribution in [3.63, 3.8) is 0 Å². The molecular weight excluding hydrogens is 453 g/mol. The molecule has 0 bridgehead atoms. The molecule has 1 aromatic heterocycles. The standard InChI is InChI=1S/C23H25F3N4O2S/c1-17-21(28-16-27-17)15-30-20(12-11-18-7-3-2-4-8-18)14-29(33(31,32)23(24,25)26)13-19-9-5-6-10-22(19)30/h2-10,16,20H,11-15H2,1H3,(H,27,28). The first-order valence-electron chi connectivity index (χ1n) is 10.6. The van der Waals surface area contributed by atoms with E-state index < -0.39 is 21.6 Å². The van der Waals surface area contributed by atoms with E-state index in [0.717, 1.165) is 22.6 Å². The molecule has 0 radical (unpaired) electrons. The molecule has 1 aliphatic rings. The monoisotopic (exact) mass is 478 g/mol. The molecular formula is C23H25F3N4O2S. The summed E-state index contributed by atoms with van der Waals surface area (Å²) in [5, 5.41) is 0. The van der Waals surface area contributed by atoms with Crippen LogP contribution in [0.3, 0.4) is 0 Å². The van der Waals surface area contributed by atoms with Crippen molar-refractivity contribution in [2.24, 2.45) is 0 Å². The van der Waals surface area contributed by atoms with E-state index in [1.807, 2.05) is 54.3 Å². The van der Waals surface area contributed by atoms with Gasteiger partial charge in [-0.3, -0.25) is 0 Å². The van der Waals surface area contributed by atoms with Crippen LogP contribution >= 0.6 is 0 Å². The van der Waals surface area contributed by atoms with E-state index in [9.17, 15) is 21.6 Å². The molecule has 2 aromatic carbocycles. The van der Waals surface area contributed by atoms with Gasteiger partial charge < -0.3 is 9.88 Å². The first-order valence-corrected chi connectivity index (χ1v) is 12.0. The predicted octanol–water partition coefficient (Wildman–Crippen LogP) is 4.39. The van der Waals surface area contributed by atoms with Gasteiger partial charge in [-0.25, -0.2) is 13.4 Å². The van der Waals surface area contributed by atoms with Crippen LogP contribution in [0.25, 0.3) is 0 Å². The van der Waals surface area contributed by atoms with Gasteiger partial charge in [-0.1, -0.05) is 48.5 Å². The smallest absolute Gasteiger partial charge is 0.361 e. The highest BCUT2D eigenvalue weighted by molar-refractivity contribution is 7.89. The summed E-state index contributed by atoms with van der Waals surface area (Å²) in [6, 6.07) is 16.2. The Morgan fingerprint density at radius 2 is 1.79 bits per heavy atom. The highest BCUT2D eigenvalue weighted by Crippen LogP contribution is 2.35. The van der Waals surface area contributed by atoms with Crippen molar-refractivity contribution in [3.8, 4) is 0 Å². The summed E-state index contributed by atoms with van der Waals surface area (Å²) in [5.41, 5.74) is -1.45. The largest absolute Gasteiger partial charge is 0.511 e. The van der Waals surface area contributed by atoms with Crippen LogP contribution in [-0.2, 0) is 29.5 Å². The number of fused-ring (bicyclic) bond motifs is 1. The number of aromatic nitrogens is 2. The highest BCUT2D eigenvalue weighted by atomic mass is 32.2. The van der Waals surface area contributed by atoms with Crippen LogP contribution in [0.15, 0.2) is 60.9 Å². The van der Waals surface area contributed by atoms with Crippen molar-refractivity contribution in [1.29, 1.82) is 0 Å². The minimum absolute atomic E-state index is 0.271. The number of alkyl halides is 3. The lowest BCUT2D eigenvalue weighted by Crippen LogP contribution is -2.47. The quantitative estimate of drug-likeness (QED) is 0.571. The zero-order chi connectivity index (χ0) is 23.6. The van der Waals surface area contributed by atoms with Crippen LogP contribution in [-0.4, -0.2) is 40.8 Å². The second-order valence-electron chi connectivity index (χ2n) is 8.15. The number of H-pyrrole nitrogens is 1. The molecule has 0 saturated carbocycles. The molecule has 1 N–H and O–H groups in total. The number of imidazole rings is 1. The second kappa shape index (κ2) is 9.18. The van der Waals surface area contributed by atoms with Crippen molar-refractivity contribution < 1.29 is 21.6 Å². The maximum Gasteiger partial charge on any atom is 0.511 e. The van der Waals surface area contributed by atoms with E-state index in [2.05, 4.69) is 9.97 Å². The first-order chi connectivity index (χ1) is 15.7. The van der Waals surface area contributed by atoms with Gasteiger partial charge in [0.25, 0.3) is 0 Å². The number of sulfonamides is 1. The van der Waals surface area contributed by atoms with E-state index in [1.54, 1.807) is 18.5 Å². The minimum atomic E-state index is -5.49. The van der Waals surface area contributed by atoms with Gasteiger partial charge in [0.05, 0.1) is 18.6 Å². The zero-order valence-corrected chi connectivity index (χ0v) is 18.9. The van der Waals surface area contributed by atoms with Crippen LogP contribution in [0, 0.1) is 6.92 Å². The molecule has 0 fully saturated rings.